The predicted molar refractivity (Wildman–Crippen MR) is 64.7 cm³/mol. The number of benzene rings is 1. The first-order valence-electron chi connectivity index (χ1n) is 6.68. The van der Waals surface area contributed by atoms with Crippen molar-refractivity contribution in [3.63, 3.8) is 0 Å². The molecule has 0 radical (unpaired) electrons. The zero-order valence-corrected chi connectivity index (χ0v) is 11.7. The normalized spacial score (nSPS) is 25.5. The molecule has 4 nitrogen and oxygen atoms in total. The molecule has 0 aliphatic heterocycles. The highest BCUT2D eigenvalue weighted by Gasteiger charge is 2.77. The van der Waals surface area contributed by atoms with Crippen LogP contribution in [0.3, 0.4) is 0 Å². The van der Waals surface area contributed by atoms with Crippen molar-refractivity contribution >= 4 is 0 Å². The van der Waals surface area contributed by atoms with E-state index in [4.69, 9.17) is 10.00 Å². The Morgan fingerprint density at radius 2 is 1.67 bits per heavy atom. The summed E-state index contributed by atoms with van der Waals surface area (Å²) >= 11 is 0. The Hall–Kier alpha value is -1.99. The van der Waals surface area contributed by atoms with Gasteiger partial charge in [0.15, 0.2) is 0 Å². The zero-order valence-electron chi connectivity index (χ0n) is 11.7. The minimum Gasteiger partial charge on any atom is -0.489 e. The van der Waals surface area contributed by atoms with Crippen LogP contribution >= 0.6 is 0 Å². The molecule has 2 aliphatic rings. The van der Waals surface area contributed by atoms with Gasteiger partial charge in [-0.1, -0.05) is 0 Å². The van der Waals surface area contributed by atoms with Crippen LogP contribution in [0.25, 0.3) is 0 Å². The molecule has 1 aromatic carbocycles. The molecule has 2 aliphatic carbocycles. The van der Waals surface area contributed by atoms with Gasteiger partial charge in [0.05, 0.1) is 0 Å². The Morgan fingerprint density at radius 1 is 1.08 bits per heavy atom. The third-order valence-corrected chi connectivity index (χ3v) is 4.14. The minimum atomic E-state index is -5.28. The van der Waals surface area contributed by atoms with E-state index < -0.39 is 64.9 Å². The number of hydrogen-bond donors (Lipinski definition) is 2. The van der Waals surface area contributed by atoms with Gasteiger partial charge in [0.25, 0.3) is 11.7 Å². The fourth-order valence-corrected chi connectivity index (χ4v) is 2.83. The molecule has 2 N–H and O–H groups in total. The Bertz CT molecular complexity index is 748. The molecule has 1 fully saturated rings. The van der Waals surface area contributed by atoms with Crippen LogP contribution in [-0.2, 0) is 11.7 Å². The molecule has 0 spiro atoms. The Balaban J connectivity index is 2.09. The molecule has 130 valence electrons. The maximum Gasteiger partial charge on any atom is 0.371 e. The first-order valence-corrected chi connectivity index (χ1v) is 6.68. The fourth-order valence-electron chi connectivity index (χ4n) is 2.83. The number of alkyl halides is 6. The fraction of sp³-hybridized carbons (Fsp3) is 0.500. The van der Waals surface area contributed by atoms with Gasteiger partial charge >= 0.3 is 11.8 Å². The van der Waals surface area contributed by atoms with E-state index in [2.05, 4.69) is 0 Å². The molecular formula is C14H9F6NO3. The minimum absolute atomic E-state index is 0.463. The Morgan fingerprint density at radius 3 is 2.17 bits per heavy atom. The summed E-state index contributed by atoms with van der Waals surface area (Å²) < 4.78 is 85.6. The molecule has 0 unspecified atom stereocenters. The third kappa shape index (κ3) is 1.94. The molecule has 0 amide bonds. The predicted octanol–water partition coefficient (Wildman–Crippen LogP) is 2.61. The van der Waals surface area contributed by atoms with Crippen LogP contribution in [-0.4, -0.2) is 28.2 Å². The monoisotopic (exact) mass is 353 g/mol. The average Bonchev–Trinajstić information content (AvgIpc) is 2.53. The van der Waals surface area contributed by atoms with Gasteiger partial charge in [-0.2, -0.15) is 22.8 Å². The molecule has 0 saturated heterocycles. The SMILES string of the molecule is N#Cc1c(OC2CC(F)(F)C2)ccc2c1C(O)(O)C(F)(F)C2(F)F. The third-order valence-electron chi connectivity index (χ3n) is 4.14. The van der Waals surface area contributed by atoms with Gasteiger partial charge in [-0.15, -0.1) is 0 Å². The summed E-state index contributed by atoms with van der Waals surface area (Å²) in [4.78, 5) is 0. The lowest BCUT2D eigenvalue weighted by Crippen LogP contribution is -2.49. The van der Waals surface area contributed by atoms with Gasteiger partial charge in [-0.05, 0) is 12.1 Å². The van der Waals surface area contributed by atoms with E-state index in [0.29, 0.717) is 6.07 Å². The first-order chi connectivity index (χ1) is 10.8. The summed E-state index contributed by atoms with van der Waals surface area (Å²) in [5, 5.41) is 28.1. The van der Waals surface area contributed by atoms with Gasteiger partial charge in [0.1, 0.15) is 23.5 Å². The topological polar surface area (TPSA) is 73.5 Å². The standard InChI is InChI=1S/C14H9F6NO3/c15-11(16)3-6(4-11)24-9-2-1-8-10(7(9)5-21)13(22,23)14(19,20)12(8,17)18/h1-2,6,22-23H,3-4H2. The van der Waals surface area contributed by atoms with Gasteiger partial charge < -0.3 is 14.9 Å². The molecule has 0 atom stereocenters. The van der Waals surface area contributed by atoms with E-state index >= 15 is 0 Å². The van der Waals surface area contributed by atoms with Gasteiger partial charge in [-0.3, -0.25) is 0 Å². The second kappa shape index (κ2) is 4.55. The van der Waals surface area contributed by atoms with Crippen LogP contribution in [0.5, 0.6) is 5.75 Å². The van der Waals surface area contributed by atoms with Crippen LogP contribution in [0.1, 0.15) is 29.5 Å². The van der Waals surface area contributed by atoms with Crippen LogP contribution in [0.4, 0.5) is 26.3 Å². The van der Waals surface area contributed by atoms with Gasteiger partial charge in [0, 0.05) is 24.0 Å². The van der Waals surface area contributed by atoms with Crippen LogP contribution in [0.2, 0.25) is 0 Å². The summed E-state index contributed by atoms with van der Waals surface area (Å²) in [5.74, 6) is -18.0. The maximum atomic E-state index is 13.8. The van der Waals surface area contributed by atoms with E-state index in [0.717, 1.165) is 6.07 Å². The molecule has 24 heavy (non-hydrogen) atoms. The second-order valence-electron chi connectivity index (χ2n) is 5.80. The second-order valence-corrected chi connectivity index (χ2v) is 5.80. The summed E-state index contributed by atoms with van der Waals surface area (Å²) in [6.07, 6.45) is -2.42. The van der Waals surface area contributed by atoms with Crippen LogP contribution in [0, 0.1) is 11.3 Å². The molecule has 0 bridgehead atoms. The number of hydrogen-bond acceptors (Lipinski definition) is 4. The Kier molecular flexibility index (Phi) is 3.19. The number of fused-ring (bicyclic) bond motifs is 1. The molecule has 1 saturated carbocycles. The van der Waals surface area contributed by atoms with Crippen molar-refractivity contribution in [2.75, 3.05) is 0 Å². The number of rotatable bonds is 2. The Labute approximate surface area is 130 Å². The lowest BCUT2D eigenvalue weighted by molar-refractivity contribution is -0.357. The summed E-state index contributed by atoms with van der Waals surface area (Å²) in [6, 6.07) is 2.51. The van der Waals surface area contributed by atoms with Gasteiger partial charge in [0.2, 0.25) is 0 Å². The van der Waals surface area contributed by atoms with Crippen molar-refractivity contribution in [1.82, 2.24) is 0 Å². The molecule has 0 aromatic heterocycles. The van der Waals surface area contributed by atoms with Crippen molar-refractivity contribution in [3.8, 4) is 11.8 Å². The molecule has 0 heterocycles. The quantitative estimate of drug-likeness (QED) is 0.633. The number of nitrogens with zero attached hydrogens (tertiary/aromatic N) is 1. The summed E-state index contributed by atoms with van der Waals surface area (Å²) in [6.45, 7) is 0. The molecule has 10 heteroatoms. The number of halogens is 6. The number of ether oxygens (including phenoxy) is 1. The number of aliphatic hydroxyl groups is 2. The van der Waals surface area contributed by atoms with Crippen LogP contribution < -0.4 is 4.74 Å². The highest BCUT2D eigenvalue weighted by molar-refractivity contribution is 5.59. The van der Waals surface area contributed by atoms with E-state index in [9.17, 15) is 36.6 Å². The van der Waals surface area contributed by atoms with E-state index in [1.165, 1.54) is 6.07 Å². The molecule has 1 aromatic rings. The lowest BCUT2D eigenvalue weighted by Gasteiger charge is -2.35. The van der Waals surface area contributed by atoms with Crippen molar-refractivity contribution in [2.45, 2.75) is 42.5 Å². The zero-order chi connectivity index (χ0) is 18.1. The van der Waals surface area contributed by atoms with Crippen molar-refractivity contribution < 1.29 is 41.3 Å². The van der Waals surface area contributed by atoms with E-state index in [1.807, 2.05) is 0 Å². The summed E-state index contributed by atoms with van der Waals surface area (Å²) in [5.41, 5.74) is -3.77. The molecule has 3 rings (SSSR count). The molecular weight excluding hydrogens is 344 g/mol. The van der Waals surface area contributed by atoms with E-state index in [1.54, 1.807) is 0 Å². The average molecular weight is 353 g/mol. The van der Waals surface area contributed by atoms with Gasteiger partial charge in [-0.25, -0.2) is 8.78 Å². The highest BCUT2D eigenvalue weighted by atomic mass is 19.3. The maximum absolute atomic E-state index is 13.8. The van der Waals surface area contributed by atoms with E-state index in [-0.39, 0.29) is 0 Å². The van der Waals surface area contributed by atoms with Crippen molar-refractivity contribution in [3.05, 3.63) is 28.8 Å². The largest absolute Gasteiger partial charge is 0.489 e. The lowest BCUT2D eigenvalue weighted by atomic mass is 9.90. The van der Waals surface area contributed by atoms with Crippen molar-refractivity contribution in [2.24, 2.45) is 0 Å². The smallest absolute Gasteiger partial charge is 0.371 e. The van der Waals surface area contributed by atoms with Crippen LogP contribution in [0.15, 0.2) is 12.1 Å². The summed E-state index contributed by atoms with van der Waals surface area (Å²) in [7, 11) is 0. The van der Waals surface area contributed by atoms with Crippen molar-refractivity contribution in [1.29, 1.82) is 5.26 Å². The highest BCUT2D eigenvalue weighted by Crippen LogP contribution is 2.61. The number of nitriles is 1. The first kappa shape index (κ1) is 16.9.